The lowest BCUT2D eigenvalue weighted by atomic mass is 10.1. The number of ether oxygens (including phenoxy) is 2. The van der Waals surface area contributed by atoms with Gasteiger partial charge in [-0.15, -0.1) is 0 Å². The van der Waals surface area contributed by atoms with E-state index in [1.54, 1.807) is 4.90 Å². The largest absolute Gasteiger partial charge is 0.479 e. The van der Waals surface area contributed by atoms with E-state index in [0.29, 0.717) is 32.5 Å². The number of aliphatic carboxylic acids is 1. The molecule has 2 atom stereocenters. The molecule has 2 heterocycles. The number of nitrogens with zero attached hydrogens (tertiary/aromatic N) is 1. The second-order valence-corrected chi connectivity index (χ2v) is 6.66. The van der Waals surface area contributed by atoms with E-state index >= 15 is 0 Å². The van der Waals surface area contributed by atoms with Crippen LogP contribution in [0.5, 0.6) is 0 Å². The van der Waals surface area contributed by atoms with Crippen molar-refractivity contribution in [1.82, 2.24) is 4.90 Å². The van der Waals surface area contributed by atoms with Crippen LogP contribution in [0.1, 0.15) is 31.2 Å². The van der Waals surface area contributed by atoms with Crippen molar-refractivity contribution in [3.05, 3.63) is 35.9 Å². The van der Waals surface area contributed by atoms with Gasteiger partial charge in [-0.1, -0.05) is 30.3 Å². The highest BCUT2D eigenvalue weighted by Gasteiger charge is 2.37. The van der Waals surface area contributed by atoms with Crippen LogP contribution in [0.3, 0.4) is 0 Å². The maximum Gasteiger partial charge on any atom is 0.332 e. The van der Waals surface area contributed by atoms with Gasteiger partial charge < -0.3 is 19.5 Å². The molecule has 1 amide bonds. The second kappa shape index (κ2) is 8.45. The SMILES string of the molecule is O=C(O)[C@H]1CC[C@@H](C(=O)N2CCC(OCCc3ccccc3)CC2)O1. The van der Waals surface area contributed by atoms with Gasteiger partial charge in [0.15, 0.2) is 6.10 Å². The van der Waals surface area contributed by atoms with E-state index in [1.165, 1.54) is 5.56 Å². The Kier molecular flexibility index (Phi) is 6.04. The summed E-state index contributed by atoms with van der Waals surface area (Å²) in [6.07, 6.45) is 2.17. The summed E-state index contributed by atoms with van der Waals surface area (Å²) in [5, 5.41) is 8.96. The number of piperidine rings is 1. The smallest absolute Gasteiger partial charge is 0.332 e. The first kappa shape index (κ1) is 17.9. The molecule has 6 nitrogen and oxygen atoms in total. The van der Waals surface area contributed by atoms with Crippen LogP contribution < -0.4 is 0 Å². The number of carbonyl (C=O) groups excluding carboxylic acids is 1. The highest BCUT2D eigenvalue weighted by Crippen LogP contribution is 2.23. The van der Waals surface area contributed by atoms with Crippen LogP contribution in [0.25, 0.3) is 0 Å². The number of amides is 1. The van der Waals surface area contributed by atoms with Crippen molar-refractivity contribution in [3.63, 3.8) is 0 Å². The number of benzene rings is 1. The summed E-state index contributed by atoms with van der Waals surface area (Å²) in [4.78, 5) is 25.2. The van der Waals surface area contributed by atoms with Gasteiger partial charge in [-0.25, -0.2) is 4.79 Å². The van der Waals surface area contributed by atoms with E-state index in [0.717, 1.165) is 19.3 Å². The van der Waals surface area contributed by atoms with Crippen molar-refractivity contribution in [2.75, 3.05) is 19.7 Å². The predicted molar refractivity (Wildman–Crippen MR) is 91.2 cm³/mol. The first-order valence-corrected chi connectivity index (χ1v) is 8.96. The molecule has 0 spiro atoms. The summed E-state index contributed by atoms with van der Waals surface area (Å²) in [5.41, 5.74) is 1.27. The third-order valence-electron chi connectivity index (χ3n) is 4.91. The molecular weight excluding hydrogens is 322 g/mol. The van der Waals surface area contributed by atoms with Gasteiger partial charge in [0.2, 0.25) is 0 Å². The average molecular weight is 347 g/mol. The fourth-order valence-electron chi connectivity index (χ4n) is 3.44. The van der Waals surface area contributed by atoms with Gasteiger partial charge in [0.1, 0.15) is 6.10 Å². The standard InChI is InChI=1S/C19H25NO5/c21-18(16-6-7-17(25-16)19(22)23)20-11-8-15(9-12-20)24-13-10-14-4-2-1-3-5-14/h1-5,15-17H,6-13H2,(H,22,23)/t16-,17+/m0/s1. The van der Waals surface area contributed by atoms with Crippen LogP contribution in [-0.2, 0) is 25.5 Å². The summed E-state index contributed by atoms with van der Waals surface area (Å²) >= 11 is 0. The Morgan fingerprint density at radius 1 is 1.08 bits per heavy atom. The zero-order valence-electron chi connectivity index (χ0n) is 14.3. The number of hydrogen-bond donors (Lipinski definition) is 1. The molecular formula is C19H25NO5. The number of likely N-dealkylation sites (tertiary alicyclic amines) is 1. The third kappa shape index (κ3) is 4.80. The molecule has 3 rings (SSSR count). The zero-order chi connectivity index (χ0) is 17.6. The van der Waals surface area contributed by atoms with Gasteiger partial charge in [0.25, 0.3) is 5.91 Å². The van der Waals surface area contributed by atoms with Crippen molar-refractivity contribution in [1.29, 1.82) is 0 Å². The normalized spacial score (nSPS) is 24.4. The molecule has 6 heteroatoms. The van der Waals surface area contributed by atoms with Gasteiger partial charge in [-0.2, -0.15) is 0 Å². The summed E-state index contributed by atoms with van der Waals surface area (Å²) in [7, 11) is 0. The Morgan fingerprint density at radius 2 is 1.76 bits per heavy atom. The first-order chi connectivity index (χ1) is 12.1. The van der Waals surface area contributed by atoms with Gasteiger partial charge in [-0.3, -0.25) is 4.79 Å². The quantitative estimate of drug-likeness (QED) is 0.850. The van der Waals surface area contributed by atoms with Crippen LogP contribution in [0.4, 0.5) is 0 Å². The van der Waals surface area contributed by atoms with Crippen molar-refractivity contribution < 1.29 is 24.2 Å². The van der Waals surface area contributed by atoms with E-state index in [-0.39, 0.29) is 12.0 Å². The highest BCUT2D eigenvalue weighted by molar-refractivity contribution is 5.82. The molecule has 136 valence electrons. The van der Waals surface area contributed by atoms with Crippen LogP contribution in [0, 0.1) is 0 Å². The highest BCUT2D eigenvalue weighted by atomic mass is 16.5. The van der Waals surface area contributed by atoms with Crippen LogP contribution in [0.15, 0.2) is 30.3 Å². The van der Waals surface area contributed by atoms with Crippen molar-refractivity contribution >= 4 is 11.9 Å². The Morgan fingerprint density at radius 3 is 2.40 bits per heavy atom. The Balaban J connectivity index is 1.37. The molecule has 1 aromatic carbocycles. The van der Waals surface area contributed by atoms with Crippen molar-refractivity contribution in [3.8, 4) is 0 Å². The average Bonchev–Trinajstić information content (AvgIpc) is 3.13. The summed E-state index contributed by atoms with van der Waals surface area (Å²) in [6.45, 7) is 1.98. The fraction of sp³-hybridized carbons (Fsp3) is 0.579. The Bertz CT molecular complexity index is 583. The Hall–Kier alpha value is -1.92. The van der Waals surface area contributed by atoms with Gasteiger partial charge in [-0.05, 0) is 37.7 Å². The molecule has 2 saturated heterocycles. The monoisotopic (exact) mass is 347 g/mol. The molecule has 1 N–H and O–H groups in total. The molecule has 25 heavy (non-hydrogen) atoms. The molecule has 2 fully saturated rings. The van der Waals surface area contributed by atoms with E-state index < -0.39 is 18.2 Å². The van der Waals surface area contributed by atoms with Crippen LogP contribution >= 0.6 is 0 Å². The number of rotatable bonds is 6. The molecule has 2 aliphatic rings. The summed E-state index contributed by atoms with van der Waals surface area (Å²) in [5.74, 6) is -1.06. The van der Waals surface area contributed by atoms with Gasteiger partial charge >= 0.3 is 5.97 Å². The number of carboxylic acid groups (broad SMARTS) is 1. The van der Waals surface area contributed by atoms with Crippen molar-refractivity contribution in [2.24, 2.45) is 0 Å². The van der Waals surface area contributed by atoms with Gasteiger partial charge in [0, 0.05) is 13.1 Å². The second-order valence-electron chi connectivity index (χ2n) is 6.66. The van der Waals surface area contributed by atoms with Crippen LogP contribution in [-0.4, -0.2) is 59.9 Å². The topological polar surface area (TPSA) is 76.1 Å². The molecule has 0 radical (unpaired) electrons. The molecule has 1 aromatic rings. The first-order valence-electron chi connectivity index (χ1n) is 8.96. The lowest BCUT2D eigenvalue weighted by molar-refractivity contribution is -0.155. The maximum atomic E-state index is 12.4. The molecule has 0 aromatic heterocycles. The van der Waals surface area contributed by atoms with Gasteiger partial charge in [0.05, 0.1) is 12.7 Å². The summed E-state index contributed by atoms with van der Waals surface area (Å²) in [6, 6.07) is 10.2. The molecule has 2 aliphatic heterocycles. The fourth-order valence-corrected chi connectivity index (χ4v) is 3.44. The minimum atomic E-state index is -0.985. The molecule has 0 aliphatic carbocycles. The lowest BCUT2D eigenvalue weighted by Crippen LogP contribution is -2.45. The van der Waals surface area contributed by atoms with E-state index in [1.807, 2.05) is 18.2 Å². The molecule has 0 saturated carbocycles. The number of carboxylic acids is 1. The predicted octanol–water partition coefficient (Wildman–Crippen LogP) is 1.87. The minimum absolute atomic E-state index is 0.0773. The van der Waals surface area contributed by atoms with E-state index in [9.17, 15) is 9.59 Å². The van der Waals surface area contributed by atoms with E-state index in [2.05, 4.69) is 12.1 Å². The maximum absolute atomic E-state index is 12.4. The minimum Gasteiger partial charge on any atom is -0.479 e. The number of hydrogen-bond acceptors (Lipinski definition) is 4. The molecule has 0 bridgehead atoms. The number of carbonyl (C=O) groups is 2. The van der Waals surface area contributed by atoms with E-state index in [4.69, 9.17) is 14.6 Å². The zero-order valence-corrected chi connectivity index (χ0v) is 14.3. The lowest BCUT2D eigenvalue weighted by Gasteiger charge is -2.33. The van der Waals surface area contributed by atoms with Crippen molar-refractivity contribution in [2.45, 2.75) is 50.4 Å². The third-order valence-corrected chi connectivity index (χ3v) is 4.91. The van der Waals surface area contributed by atoms with Crippen LogP contribution in [0.2, 0.25) is 0 Å². The Labute approximate surface area is 147 Å². The summed E-state index contributed by atoms with van der Waals surface area (Å²) < 4.78 is 11.3. The molecule has 0 unspecified atom stereocenters.